The molecule has 0 saturated carbocycles. The van der Waals surface area contributed by atoms with Crippen LogP contribution in [0.3, 0.4) is 0 Å². The van der Waals surface area contributed by atoms with Crippen LogP contribution in [0.4, 0.5) is 8.78 Å². The van der Waals surface area contributed by atoms with E-state index in [9.17, 15) is 13.6 Å². The van der Waals surface area contributed by atoms with Crippen LogP contribution in [0.1, 0.15) is 0 Å². The molecule has 4 nitrogen and oxygen atoms in total. The summed E-state index contributed by atoms with van der Waals surface area (Å²) in [6.45, 7) is 0.410. The largest absolute Gasteiger partial charge is 0.481 e. The van der Waals surface area contributed by atoms with Crippen molar-refractivity contribution in [3.05, 3.63) is 29.8 Å². The molecule has 0 aliphatic carbocycles. The van der Waals surface area contributed by atoms with E-state index in [0.717, 1.165) is 12.1 Å². The van der Waals surface area contributed by atoms with Crippen molar-refractivity contribution in [1.82, 2.24) is 5.32 Å². The van der Waals surface area contributed by atoms with E-state index in [0.29, 0.717) is 19.2 Å². The third-order valence-electron chi connectivity index (χ3n) is 1.88. The smallest absolute Gasteiger partial charge is 0.258 e. The van der Waals surface area contributed by atoms with E-state index in [1.54, 1.807) is 0 Å². The molecule has 6 heteroatoms. The van der Waals surface area contributed by atoms with Gasteiger partial charge in [-0.25, -0.2) is 8.78 Å². The van der Waals surface area contributed by atoms with Gasteiger partial charge in [-0.15, -0.1) is 0 Å². The standard InChI is InChI=1S/C11H13F2NO3/c1-16-5-4-14-11(15)7-17-10-3-2-8(12)6-9(10)13/h2-3,6H,4-5,7H2,1H3,(H,14,15). The lowest BCUT2D eigenvalue weighted by molar-refractivity contribution is -0.123. The Hall–Kier alpha value is -1.69. The number of hydrogen-bond acceptors (Lipinski definition) is 3. The van der Waals surface area contributed by atoms with Crippen LogP contribution in [0.25, 0.3) is 0 Å². The van der Waals surface area contributed by atoms with Crippen molar-refractivity contribution >= 4 is 5.91 Å². The summed E-state index contributed by atoms with van der Waals surface area (Å²) >= 11 is 0. The lowest BCUT2D eigenvalue weighted by Crippen LogP contribution is -2.31. The molecule has 0 radical (unpaired) electrons. The second-order valence-electron chi connectivity index (χ2n) is 3.21. The Labute approximate surface area is 97.5 Å². The van der Waals surface area contributed by atoms with Crippen molar-refractivity contribution in [3.8, 4) is 5.75 Å². The summed E-state index contributed by atoms with van der Waals surface area (Å²) < 4.78 is 35.3. The maximum absolute atomic E-state index is 13.1. The molecule has 1 aromatic carbocycles. The van der Waals surface area contributed by atoms with E-state index >= 15 is 0 Å². The van der Waals surface area contributed by atoms with Gasteiger partial charge in [-0.05, 0) is 12.1 Å². The Morgan fingerprint density at radius 2 is 2.18 bits per heavy atom. The zero-order valence-electron chi connectivity index (χ0n) is 9.33. The van der Waals surface area contributed by atoms with Crippen LogP contribution in [0.5, 0.6) is 5.75 Å². The number of amides is 1. The highest BCUT2D eigenvalue weighted by Crippen LogP contribution is 2.17. The number of carbonyl (C=O) groups excluding carboxylic acids is 1. The highest BCUT2D eigenvalue weighted by atomic mass is 19.1. The maximum atomic E-state index is 13.1. The summed E-state index contributed by atoms with van der Waals surface area (Å²) in [5, 5.41) is 2.50. The quantitative estimate of drug-likeness (QED) is 0.764. The molecule has 1 amide bonds. The summed E-state index contributed by atoms with van der Waals surface area (Å²) in [6, 6.07) is 2.88. The summed E-state index contributed by atoms with van der Waals surface area (Å²) in [6.07, 6.45) is 0. The normalized spacial score (nSPS) is 10.1. The summed E-state index contributed by atoms with van der Waals surface area (Å²) in [4.78, 5) is 11.2. The molecule has 0 saturated heterocycles. The van der Waals surface area contributed by atoms with Gasteiger partial charge in [-0.1, -0.05) is 0 Å². The molecule has 0 unspecified atom stereocenters. The first-order valence-electron chi connectivity index (χ1n) is 4.97. The molecule has 0 aliphatic rings. The lowest BCUT2D eigenvalue weighted by Gasteiger charge is -2.07. The second kappa shape index (κ2) is 6.80. The number of ether oxygens (including phenoxy) is 2. The Bertz CT molecular complexity index is 385. The number of hydrogen-bond donors (Lipinski definition) is 1. The third kappa shape index (κ3) is 4.78. The van der Waals surface area contributed by atoms with E-state index in [-0.39, 0.29) is 12.4 Å². The van der Waals surface area contributed by atoms with E-state index < -0.39 is 17.5 Å². The average Bonchev–Trinajstić information content (AvgIpc) is 2.28. The lowest BCUT2D eigenvalue weighted by atomic mass is 10.3. The van der Waals surface area contributed by atoms with E-state index in [2.05, 4.69) is 5.32 Å². The number of benzene rings is 1. The van der Waals surface area contributed by atoms with Crippen LogP contribution >= 0.6 is 0 Å². The molecule has 0 bridgehead atoms. The van der Waals surface area contributed by atoms with Crippen LogP contribution in [0, 0.1) is 11.6 Å². The van der Waals surface area contributed by atoms with Gasteiger partial charge >= 0.3 is 0 Å². The Morgan fingerprint density at radius 1 is 1.41 bits per heavy atom. The minimum absolute atomic E-state index is 0.159. The van der Waals surface area contributed by atoms with Gasteiger partial charge < -0.3 is 14.8 Å². The fourth-order valence-corrected chi connectivity index (χ4v) is 1.08. The van der Waals surface area contributed by atoms with Gasteiger partial charge in [0.25, 0.3) is 5.91 Å². The molecule has 0 spiro atoms. The first-order valence-corrected chi connectivity index (χ1v) is 4.97. The highest BCUT2D eigenvalue weighted by Gasteiger charge is 2.07. The van der Waals surface area contributed by atoms with Crippen LogP contribution < -0.4 is 10.1 Å². The van der Waals surface area contributed by atoms with Gasteiger partial charge in [-0.2, -0.15) is 0 Å². The molecule has 0 aromatic heterocycles. The van der Waals surface area contributed by atoms with Gasteiger partial charge in [-0.3, -0.25) is 4.79 Å². The van der Waals surface area contributed by atoms with Crippen LogP contribution in [-0.4, -0.2) is 32.8 Å². The van der Waals surface area contributed by atoms with E-state index in [1.807, 2.05) is 0 Å². The van der Waals surface area contributed by atoms with Crippen LogP contribution in [-0.2, 0) is 9.53 Å². The minimum Gasteiger partial charge on any atom is -0.481 e. The fraction of sp³-hybridized carbons (Fsp3) is 0.364. The zero-order chi connectivity index (χ0) is 12.7. The fourth-order valence-electron chi connectivity index (χ4n) is 1.08. The summed E-state index contributed by atoms with van der Waals surface area (Å²) in [5.41, 5.74) is 0. The molecule has 1 rings (SSSR count). The van der Waals surface area contributed by atoms with E-state index in [1.165, 1.54) is 7.11 Å². The molecular formula is C11H13F2NO3. The predicted octanol–water partition coefficient (Wildman–Crippen LogP) is 1.11. The third-order valence-corrected chi connectivity index (χ3v) is 1.88. The monoisotopic (exact) mass is 245 g/mol. The van der Waals surface area contributed by atoms with Crippen molar-refractivity contribution in [2.45, 2.75) is 0 Å². The SMILES string of the molecule is COCCNC(=O)COc1ccc(F)cc1F. The molecule has 17 heavy (non-hydrogen) atoms. The van der Waals surface area contributed by atoms with Crippen molar-refractivity contribution in [3.63, 3.8) is 0 Å². The van der Waals surface area contributed by atoms with Gasteiger partial charge in [0.1, 0.15) is 5.82 Å². The number of carbonyl (C=O) groups is 1. The molecule has 0 aliphatic heterocycles. The minimum atomic E-state index is -0.838. The second-order valence-corrected chi connectivity index (χ2v) is 3.21. The Balaban J connectivity index is 2.37. The molecule has 1 aromatic rings. The predicted molar refractivity (Wildman–Crippen MR) is 56.7 cm³/mol. The summed E-state index contributed by atoms with van der Waals surface area (Å²) in [7, 11) is 1.51. The topological polar surface area (TPSA) is 47.6 Å². The highest BCUT2D eigenvalue weighted by molar-refractivity contribution is 5.77. The van der Waals surface area contributed by atoms with E-state index in [4.69, 9.17) is 9.47 Å². The summed E-state index contributed by atoms with van der Waals surface area (Å²) in [5.74, 6) is -2.09. The van der Waals surface area contributed by atoms with Gasteiger partial charge in [0.2, 0.25) is 0 Å². The van der Waals surface area contributed by atoms with Crippen molar-refractivity contribution < 1.29 is 23.0 Å². The maximum Gasteiger partial charge on any atom is 0.258 e. The number of methoxy groups -OCH3 is 1. The molecule has 0 atom stereocenters. The number of rotatable bonds is 6. The van der Waals surface area contributed by atoms with Crippen molar-refractivity contribution in [2.75, 3.05) is 26.9 Å². The Morgan fingerprint density at radius 3 is 2.82 bits per heavy atom. The van der Waals surface area contributed by atoms with Crippen molar-refractivity contribution in [1.29, 1.82) is 0 Å². The average molecular weight is 245 g/mol. The van der Waals surface area contributed by atoms with Gasteiger partial charge in [0.15, 0.2) is 18.2 Å². The zero-order valence-corrected chi connectivity index (χ0v) is 9.33. The molecule has 0 fully saturated rings. The molecule has 0 heterocycles. The number of halogens is 2. The van der Waals surface area contributed by atoms with Crippen LogP contribution in [0.15, 0.2) is 18.2 Å². The molecular weight excluding hydrogens is 232 g/mol. The van der Waals surface area contributed by atoms with Gasteiger partial charge in [0, 0.05) is 19.7 Å². The first kappa shape index (κ1) is 13.4. The molecule has 1 N–H and O–H groups in total. The van der Waals surface area contributed by atoms with Gasteiger partial charge in [0.05, 0.1) is 6.61 Å². The van der Waals surface area contributed by atoms with Crippen molar-refractivity contribution in [2.24, 2.45) is 0 Å². The molecule has 94 valence electrons. The van der Waals surface area contributed by atoms with Crippen LogP contribution in [0.2, 0.25) is 0 Å². The first-order chi connectivity index (χ1) is 8.13. The number of nitrogens with one attached hydrogen (secondary N) is 1. The Kier molecular flexibility index (Phi) is 5.35.